The van der Waals surface area contributed by atoms with Gasteiger partial charge in [-0.25, -0.2) is 0 Å². The predicted octanol–water partition coefficient (Wildman–Crippen LogP) is 3.30. The molecule has 2 aliphatic carbocycles. The van der Waals surface area contributed by atoms with E-state index < -0.39 is 0 Å². The van der Waals surface area contributed by atoms with Crippen LogP contribution in [-0.4, -0.2) is 11.7 Å². The fourth-order valence-corrected chi connectivity index (χ4v) is 3.81. The Labute approximate surface area is 86.5 Å². The van der Waals surface area contributed by atoms with Gasteiger partial charge in [0.1, 0.15) is 5.60 Å². The molecule has 0 aromatic carbocycles. The van der Waals surface area contributed by atoms with Gasteiger partial charge in [-0.1, -0.05) is 26.3 Å². The molecule has 2 saturated carbocycles. The zero-order valence-corrected chi connectivity index (χ0v) is 9.31. The van der Waals surface area contributed by atoms with E-state index in [1.165, 1.54) is 37.7 Å². The third-order valence-electron chi connectivity index (χ3n) is 5.13. The maximum absolute atomic E-state index is 5.84. The van der Waals surface area contributed by atoms with Gasteiger partial charge in [0, 0.05) is 0 Å². The summed E-state index contributed by atoms with van der Waals surface area (Å²) >= 11 is 0. The summed E-state index contributed by atoms with van der Waals surface area (Å²) in [6.07, 6.45) is 7.31. The van der Waals surface area contributed by atoms with Gasteiger partial charge in [0.05, 0.1) is 6.10 Å². The number of rotatable bonds is 0. The molecule has 3 rings (SSSR count). The van der Waals surface area contributed by atoms with E-state index in [0.717, 1.165) is 5.92 Å². The molecule has 1 nitrogen and oxygen atoms in total. The molecule has 14 heavy (non-hydrogen) atoms. The van der Waals surface area contributed by atoms with Gasteiger partial charge >= 0.3 is 0 Å². The molecule has 1 heterocycles. The molecule has 0 radical (unpaired) electrons. The minimum absolute atomic E-state index is 0.0581. The number of ether oxygens (including phenoxy) is 1. The second-order valence-corrected chi connectivity index (χ2v) is 5.79. The smallest absolute Gasteiger partial charge is 0.113 e. The highest BCUT2D eigenvalue weighted by molar-refractivity contribution is 5.34. The molecule has 3 fully saturated rings. The number of fused-ring (bicyclic) bond motifs is 2. The van der Waals surface area contributed by atoms with Gasteiger partial charge in [0.15, 0.2) is 0 Å². The van der Waals surface area contributed by atoms with Crippen LogP contribution in [-0.2, 0) is 4.74 Å². The Bertz CT molecular complexity index is 296. The second kappa shape index (κ2) is 2.44. The van der Waals surface area contributed by atoms with Crippen LogP contribution in [0.5, 0.6) is 0 Å². The second-order valence-electron chi connectivity index (χ2n) is 5.79. The predicted molar refractivity (Wildman–Crippen MR) is 57.1 cm³/mol. The van der Waals surface area contributed by atoms with Crippen LogP contribution >= 0.6 is 0 Å². The van der Waals surface area contributed by atoms with Crippen molar-refractivity contribution in [2.45, 2.75) is 57.7 Å². The Balaban J connectivity index is 1.96. The van der Waals surface area contributed by atoms with Crippen LogP contribution in [0.25, 0.3) is 0 Å². The molecule has 0 unspecified atom stereocenters. The summed E-state index contributed by atoms with van der Waals surface area (Å²) in [5, 5.41) is 0. The van der Waals surface area contributed by atoms with Crippen molar-refractivity contribution in [2.75, 3.05) is 0 Å². The van der Waals surface area contributed by atoms with Gasteiger partial charge in [-0.15, -0.1) is 0 Å². The van der Waals surface area contributed by atoms with Gasteiger partial charge < -0.3 is 4.74 Å². The molecule has 4 atom stereocenters. The van der Waals surface area contributed by atoms with Gasteiger partial charge in [0.2, 0.25) is 0 Å². The van der Waals surface area contributed by atoms with Gasteiger partial charge in [0.25, 0.3) is 0 Å². The van der Waals surface area contributed by atoms with E-state index >= 15 is 0 Å². The lowest BCUT2D eigenvalue weighted by atomic mass is 9.56. The average Bonchev–Trinajstić information content (AvgIpc) is 2.81. The Morgan fingerprint density at radius 2 is 2.14 bits per heavy atom. The van der Waals surface area contributed by atoms with Crippen LogP contribution in [0.1, 0.15) is 46.0 Å². The molecule has 0 spiro atoms. The first kappa shape index (κ1) is 8.96. The molecular weight excluding hydrogens is 172 g/mol. The Kier molecular flexibility index (Phi) is 1.56. The van der Waals surface area contributed by atoms with E-state index in [-0.39, 0.29) is 5.60 Å². The molecular formula is C13H20O. The number of epoxide rings is 1. The highest BCUT2D eigenvalue weighted by atomic mass is 16.6. The van der Waals surface area contributed by atoms with E-state index in [2.05, 4.69) is 20.4 Å². The zero-order chi connectivity index (χ0) is 9.97. The van der Waals surface area contributed by atoms with Crippen LogP contribution in [0.15, 0.2) is 12.2 Å². The lowest BCUT2D eigenvalue weighted by Crippen LogP contribution is -2.42. The van der Waals surface area contributed by atoms with Gasteiger partial charge in [-0.05, 0) is 43.1 Å². The van der Waals surface area contributed by atoms with Crippen molar-refractivity contribution in [1.29, 1.82) is 0 Å². The third kappa shape index (κ3) is 0.894. The normalized spacial score (nSPS) is 56.3. The maximum Gasteiger partial charge on any atom is 0.113 e. The van der Waals surface area contributed by atoms with E-state index in [9.17, 15) is 0 Å². The Morgan fingerprint density at radius 1 is 1.36 bits per heavy atom. The Hall–Kier alpha value is -0.300. The summed E-state index contributed by atoms with van der Waals surface area (Å²) in [7, 11) is 0. The quantitative estimate of drug-likeness (QED) is 0.424. The highest BCUT2D eigenvalue weighted by Crippen LogP contribution is 2.63. The van der Waals surface area contributed by atoms with Crippen molar-refractivity contribution in [2.24, 2.45) is 11.3 Å². The summed E-state index contributed by atoms with van der Waals surface area (Å²) in [5.41, 5.74) is 1.84. The van der Waals surface area contributed by atoms with E-state index in [4.69, 9.17) is 4.74 Å². The van der Waals surface area contributed by atoms with Crippen molar-refractivity contribution in [1.82, 2.24) is 0 Å². The van der Waals surface area contributed by atoms with Crippen molar-refractivity contribution in [3.63, 3.8) is 0 Å². The third-order valence-corrected chi connectivity index (χ3v) is 5.13. The van der Waals surface area contributed by atoms with Gasteiger partial charge in [-0.3, -0.25) is 0 Å². The number of hydrogen-bond acceptors (Lipinski definition) is 1. The van der Waals surface area contributed by atoms with Crippen LogP contribution in [0.2, 0.25) is 0 Å². The van der Waals surface area contributed by atoms with Gasteiger partial charge in [-0.2, -0.15) is 0 Å². The van der Waals surface area contributed by atoms with Crippen molar-refractivity contribution < 1.29 is 4.74 Å². The monoisotopic (exact) mass is 192 g/mol. The zero-order valence-electron chi connectivity index (χ0n) is 9.31. The maximum atomic E-state index is 5.84. The Morgan fingerprint density at radius 3 is 2.93 bits per heavy atom. The molecule has 1 heteroatoms. The van der Waals surface area contributed by atoms with Crippen molar-refractivity contribution in [3.8, 4) is 0 Å². The summed E-state index contributed by atoms with van der Waals surface area (Å²) in [4.78, 5) is 0. The fourth-order valence-electron chi connectivity index (χ4n) is 3.81. The first-order valence-corrected chi connectivity index (χ1v) is 5.95. The van der Waals surface area contributed by atoms with Crippen molar-refractivity contribution >= 4 is 0 Å². The molecule has 78 valence electrons. The van der Waals surface area contributed by atoms with Crippen LogP contribution in [0.3, 0.4) is 0 Å². The molecule has 3 aliphatic rings. The largest absolute Gasteiger partial charge is 0.362 e. The summed E-state index contributed by atoms with van der Waals surface area (Å²) < 4.78 is 5.84. The van der Waals surface area contributed by atoms with E-state index in [0.29, 0.717) is 11.5 Å². The molecule has 1 aliphatic heterocycles. The molecule has 0 aromatic rings. The summed E-state index contributed by atoms with van der Waals surface area (Å²) in [6.45, 7) is 8.99. The van der Waals surface area contributed by atoms with E-state index in [1.807, 2.05) is 0 Å². The first-order chi connectivity index (χ1) is 6.57. The molecule has 0 aromatic heterocycles. The molecule has 0 bridgehead atoms. The molecule has 0 amide bonds. The molecule has 1 saturated heterocycles. The van der Waals surface area contributed by atoms with Crippen LogP contribution < -0.4 is 0 Å². The molecule has 0 N–H and O–H groups in total. The van der Waals surface area contributed by atoms with Crippen LogP contribution in [0.4, 0.5) is 0 Å². The summed E-state index contributed by atoms with van der Waals surface area (Å²) in [5.74, 6) is 0.851. The van der Waals surface area contributed by atoms with Crippen LogP contribution in [0, 0.1) is 11.3 Å². The standard InChI is InChI=1S/C13H20O/c1-9-12(2)7-5-4-6-10(12)8-11-13(9,3)14-11/h10-11H,1,4-8H2,2-3H3/t10-,11-,12-,13+/m1/s1. The average molecular weight is 192 g/mol. The number of hydrogen-bond donors (Lipinski definition) is 0. The lowest BCUT2D eigenvalue weighted by molar-refractivity contribution is 0.122. The van der Waals surface area contributed by atoms with Crippen molar-refractivity contribution in [3.05, 3.63) is 12.2 Å². The minimum atomic E-state index is 0.0581. The fraction of sp³-hybridized carbons (Fsp3) is 0.846. The minimum Gasteiger partial charge on any atom is -0.362 e. The first-order valence-electron chi connectivity index (χ1n) is 5.95. The topological polar surface area (TPSA) is 12.5 Å². The summed E-state index contributed by atoms with van der Waals surface area (Å²) in [6, 6.07) is 0. The highest BCUT2D eigenvalue weighted by Gasteiger charge is 2.64. The lowest BCUT2D eigenvalue weighted by Gasteiger charge is -2.47. The SMILES string of the molecule is C=C1[C@]2(C)O[C@@H]2C[C@H]2CCCC[C@]12C. The van der Waals surface area contributed by atoms with E-state index in [1.54, 1.807) is 0 Å².